The van der Waals surface area contributed by atoms with E-state index in [0.29, 0.717) is 61.5 Å². The number of carbonyl (C=O) groups is 1. The Kier molecular flexibility index (Phi) is 14.3. The molecule has 62 heavy (non-hydrogen) atoms. The molecule has 6 aromatic rings. The van der Waals surface area contributed by atoms with Crippen molar-refractivity contribution in [3.8, 4) is 51.5 Å². The lowest BCUT2D eigenvalue weighted by atomic mass is 9.93. The van der Waals surface area contributed by atoms with Crippen LogP contribution in [0, 0.1) is 6.92 Å². The number of methoxy groups -OCH3 is 1. The highest BCUT2D eigenvalue weighted by atomic mass is 35.5. The minimum absolute atomic E-state index is 0.0272. The Morgan fingerprint density at radius 3 is 2.56 bits per heavy atom. The lowest BCUT2D eigenvalue weighted by molar-refractivity contribution is -0.145. The lowest BCUT2D eigenvalue weighted by Gasteiger charge is -2.32. The number of ether oxygens (including phenoxy) is 5. The number of carboxylic acids is 1. The third kappa shape index (κ3) is 11.0. The summed E-state index contributed by atoms with van der Waals surface area (Å²) in [7, 11) is 3.72. The molecule has 17 heteroatoms. The van der Waals surface area contributed by atoms with Gasteiger partial charge in [-0.2, -0.15) is 9.36 Å². The van der Waals surface area contributed by atoms with Gasteiger partial charge in [0.15, 0.2) is 0 Å². The summed E-state index contributed by atoms with van der Waals surface area (Å²) in [5.41, 5.74) is 4.48. The summed E-state index contributed by atoms with van der Waals surface area (Å²) in [5, 5.41) is 11.6. The van der Waals surface area contributed by atoms with Crippen LogP contribution in [0.2, 0.25) is 5.02 Å². The molecule has 0 aliphatic carbocycles. The lowest BCUT2D eigenvalue weighted by Crippen LogP contribution is -2.45. The zero-order valence-electron chi connectivity index (χ0n) is 34.8. The van der Waals surface area contributed by atoms with Gasteiger partial charge in [-0.3, -0.25) is 9.88 Å². The number of piperazine rings is 1. The van der Waals surface area contributed by atoms with Gasteiger partial charge in [-0.05, 0) is 79.4 Å². The first-order valence-corrected chi connectivity index (χ1v) is 21.2. The molecule has 1 unspecified atom stereocenters. The largest absolute Gasteiger partial charge is 0.497 e. The molecule has 1 aliphatic heterocycles. The van der Waals surface area contributed by atoms with Crippen molar-refractivity contribution in [2.75, 3.05) is 60.1 Å². The molecular weight excluding hydrogens is 842 g/mol. The van der Waals surface area contributed by atoms with Crippen LogP contribution in [0.3, 0.4) is 0 Å². The van der Waals surface area contributed by atoms with Gasteiger partial charge < -0.3 is 33.7 Å². The van der Waals surface area contributed by atoms with Crippen molar-refractivity contribution in [2.45, 2.75) is 45.3 Å². The molecule has 3 aromatic carbocycles. The van der Waals surface area contributed by atoms with E-state index < -0.39 is 24.4 Å². The normalized spacial score (nSPS) is 14.1. The number of pyridine rings is 1. The van der Waals surface area contributed by atoms with E-state index in [9.17, 15) is 18.7 Å². The first-order valence-electron chi connectivity index (χ1n) is 20.1. The quantitative estimate of drug-likeness (QED) is 0.0832. The number of hydrogen-bond acceptors (Lipinski definition) is 13. The van der Waals surface area contributed by atoms with Crippen LogP contribution in [0.15, 0.2) is 79.1 Å². The average molecular weight is 889 g/mol. The standard InChI is InChI=1S/C45H47ClF2N6O7S/c1-28-33(12-13-35(40(28)46)58-23-21-54-19-17-53(3)18-20-54)38-39-37(26-50-41(38)30-9-7-10-32(24-30)57-4)62-52-42(39)61-36(43(55)56)25-29-8-5-6-11-34(29)60-27-31-14-16-49-44(51-31)59-22-15-45(2,47)48/h5-14,16,24,26,36H,15,17-23,25,27H2,1-4H3,(H,55,56). The number of rotatable bonds is 19. The van der Waals surface area contributed by atoms with Gasteiger partial charge in [0, 0.05) is 69.1 Å². The van der Waals surface area contributed by atoms with Crippen LogP contribution in [0.1, 0.15) is 30.2 Å². The smallest absolute Gasteiger partial charge is 0.345 e. The van der Waals surface area contributed by atoms with Gasteiger partial charge >= 0.3 is 12.0 Å². The highest BCUT2D eigenvalue weighted by Gasteiger charge is 2.28. The number of halogens is 3. The molecule has 0 spiro atoms. The van der Waals surface area contributed by atoms with E-state index >= 15 is 0 Å². The predicted octanol–water partition coefficient (Wildman–Crippen LogP) is 8.49. The maximum absolute atomic E-state index is 13.3. The summed E-state index contributed by atoms with van der Waals surface area (Å²) in [6.45, 7) is 7.70. The fourth-order valence-corrected chi connectivity index (χ4v) is 7.88. The minimum atomic E-state index is -2.88. The SMILES string of the molecule is COc1cccc(-c2ncc3snc(OC(Cc4ccccc4OCc4ccnc(OCCC(C)(F)F)n4)C(=O)O)c3c2-c2ccc(OCCN3CCN(C)CC3)c(Cl)c2C)c1. The second-order valence-electron chi connectivity index (χ2n) is 15.0. The van der Waals surface area contributed by atoms with Crippen molar-refractivity contribution in [1.82, 2.24) is 29.1 Å². The summed E-state index contributed by atoms with van der Waals surface area (Å²) in [4.78, 5) is 30.8. The Bertz CT molecular complexity index is 2500. The zero-order chi connectivity index (χ0) is 43.8. The molecule has 7 rings (SSSR count). The molecule has 0 saturated carbocycles. The zero-order valence-corrected chi connectivity index (χ0v) is 36.3. The van der Waals surface area contributed by atoms with E-state index in [1.54, 1.807) is 43.6 Å². The van der Waals surface area contributed by atoms with Gasteiger partial charge in [0.25, 0.3) is 0 Å². The number of benzene rings is 3. The molecule has 4 heterocycles. The number of para-hydroxylation sites is 1. The summed E-state index contributed by atoms with van der Waals surface area (Å²) in [6.07, 6.45) is 1.20. The van der Waals surface area contributed by atoms with Crippen LogP contribution in [0.25, 0.3) is 32.5 Å². The topological polar surface area (TPSA) is 141 Å². The molecule has 3 aromatic heterocycles. The van der Waals surface area contributed by atoms with Gasteiger partial charge in [0.2, 0.25) is 17.9 Å². The van der Waals surface area contributed by atoms with Crippen LogP contribution in [-0.2, 0) is 17.8 Å². The number of likely N-dealkylation sites (N-methyl/N-ethyl adjacent to an activating group) is 1. The van der Waals surface area contributed by atoms with Gasteiger partial charge in [0.05, 0.1) is 40.2 Å². The molecule has 0 amide bonds. The van der Waals surface area contributed by atoms with Crippen molar-refractivity contribution >= 4 is 39.2 Å². The first kappa shape index (κ1) is 44.4. The van der Waals surface area contributed by atoms with Gasteiger partial charge in [-0.1, -0.05) is 48.0 Å². The van der Waals surface area contributed by atoms with Gasteiger partial charge in [0.1, 0.15) is 30.5 Å². The fraction of sp³-hybridized carbons (Fsp3) is 0.356. The molecule has 326 valence electrons. The number of nitrogens with zero attached hydrogens (tertiary/aromatic N) is 6. The third-order valence-electron chi connectivity index (χ3n) is 10.5. The Hall–Kier alpha value is -5.68. The maximum Gasteiger partial charge on any atom is 0.345 e. The van der Waals surface area contributed by atoms with E-state index in [2.05, 4.69) is 31.2 Å². The molecule has 1 fully saturated rings. The van der Waals surface area contributed by atoms with Crippen LogP contribution in [0.5, 0.6) is 29.1 Å². The summed E-state index contributed by atoms with van der Waals surface area (Å²) in [5.74, 6) is -2.38. The molecule has 1 N–H and O–H groups in total. The molecule has 1 aliphatic rings. The van der Waals surface area contributed by atoms with Crippen molar-refractivity contribution in [2.24, 2.45) is 0 Å². The second kappa shape index (κ2) is 20.0. The van der Waals surface area contributed by atoms with Crippen molar-refractivity contribution < 1.29 is 42.4 Å². The summed E-state index contributed by atoms with van der Waals surface area (Å²) < 4.78 is 61.5. The molecular formula is C45H47ClF2N6O7S. The number of carboxylic acid groups (broad SMARTS) is 1. The number of aromatic nitrogens is 4. The maximum atomic E-state index is 13.3. The summed E-state index contributed by atoms with van der Waals surface area (Å²) >= 11 is 8.22. The molecule has 1 atom stereocenters. The van der Waals surface area contributed by atoms with E-state index in [1.807, 2.05) is 43.3 Å². The van der Waals surface area contributed by atoms with Gasteiger partial charge in [-0.25, -0.2) is 18.6 Å². The monoisotopic (exact) mass is 888 g/mol. The van der Waals surface area contributed by atoms with E-state index in [0.717, 1.165) is 67.9 Å². The fourth-order valence-electron chi connectivity index (χ4n) is 6.97. The van der Waals surface area contributed by atoms with Crippen LogP contribution < -0.4 is 23.7 Å². The number of fused-ring (bicyclic) bond motifs is 1. The molecule has 13 nitrogen and oxygen atoms in total. The van der Waals surface area contributed by atoms with E-state index in [-0.39, 0.29) is 31.5 Å². The van der Waals surface area contributed by atoms with Crippen LogP contribution in [0.4, 0.5) is 8.78 Å². The highest BCUT2D eigenvalue weighted by Crippen LogP contribution is 2.46. The number of aliphatic carboxylic acids is 1. The van der Waals surface area contributed by atoms with Crippen LogP contribution in [-0.4, -0.2) is 112 Å². The minimum Gasteiger partial charge on any atom is -0.497 e. The third-order valence-corrected chi connectivity index (χ3v) is 11.7. The van der Waals surface area contributed by atoms with E-state index in [4.69, 9.17) is 40.3 Å². The molecule has 0 bridgehead atoms. The van der Waals surface area contributed by atoms with Crippen LogP contribution >= 0.6 is 23.1 Å². The summed E-state index contributed by atoms with van der Waals surface area (Å²) in [6, 6.07) is 19.9. The second-order valence-corrected chi connectivity index (χ2v) is 16.2. The molecule has 0 radical (unpaired) electrons. The Labute approximate surface area is 367 Å². The Morgan fingerprint density at radius 1 is 0.984 bits per heavy atom. The average Bonchev–Trinajstić information content (AvgIpc) is 3.67. The number of alkyl halides is 2. The Balaban J connectivity index is 1.17. The highest BCUT2D eigenvalue weighted by molar-refractivity contribution is 7.13. The predicted molar refractivity (Wildman–Crippen MR) is 233 cm³/mol. The Morgan fingerprint density at radius 2 is 1.79 bits per heavy atom. The molecule has 1 saturated heterocycles. The van der Waals surface area contributed by atoms with Crippen molar-refractivity contribution in [1.29, 1.82) is 0 Å². The van der Waals surface area contributed by atoms with Crippen molar-refractivity contribution in [3.63, 3.8) is 0 Å². The first-order chi connectivity index (χ1) is 29.9. The van der Waals surface area contributed by atoms with E-state index in [1.165, 1.54) is 6.20 Å². The van der Waals surface area contributed by atoms with Crippen molar-refractivity contribution in [3.05, 3.63) is 101 Å². The number of hydrogen-bond donors (Lipinski definition) is 1. The van der Waals surface area contributed by atoms with Gasteiger partial charge in [-0.15, -0.1) is 0 Å².